The van der Waals surface area contributed by atoms with Crippen molar-refractivity contribution in [1.29, 1.82) is 0 Å². The van der Waals surface area contributed by atoms with Crippen LogP contribution in [0.5, 0.6) is 0 Å². The minimum Gasteiger partial charge on any atom is -0.444 e. The fourth-order valence-electron chi connectivity index (χ4n) is 6.77. The van der Waals surface area contributed by atoms with Gasteiger partial charge in [0.05, 0.1) is 18.1 Å². The minimum atomic E-state index is -0.532. The van der Waals surface area contributed by atoms with Gasteiger partial charge in [-0.3, -0.25) is 9.88 Å². The van der Waals surface area contributed by atoms with Gasteiger partial charge >= 0.3 is 6.09 Å². The fourth-order valence-corrected chi connectivity index (χ4v) is 6.77. The summed E-state index contributed by atoms with van der Waals surface area (Å²) in [4.78, 5) is 34.7. The molecular weight excluding hydrogens is 576 g/mol. The molecule has 0 spiro atoms. The van der Waals surface area contributed by atoms with Crippen LogP contribution in [0, 0.1) is 24.0 Å². The highest BCUT2D eigenvalue weighted by Gasteiger charge is 2.52. The minimum absolute atomic E-state index is 0.0721. The summed E-state index contributed by atoms with van der Waals surface area (Å²) < 4.78 is 37.7. The molecular formula is C34H41F2N7O2. The number of aromatic nitrogens is 5. The molecule has 11 heteroatoms. The summed E-state index contributed by atoms with van der Waals surface area (Å²) in [7, 11) is 0. The predicted octanol–water partition coefficient (Wildman–Crippen LogP) is 6.48. The van der Waals surface area contributed by atoms with Gasteiger partial charge in [-0.1, -0.05) is 6.92 Å². The number of imidazole rings is 1. The molecule has 3 aromatic heterocycles. The summed E-state index contributed by atoms with van der Waals surface area (Å²) >= 11 is 0. The van der Waals surface area contributed by atoms with Crippen LogP contribution in [0.1, 0.15) is 76.9 Å². The number of amides is 1. The number of ether oxygens (including phenoxy) is 1. The molecule has 5 heterocycles. The average Bonchev–Trinajstić information content (AvgIpc) is 3.30. The summed E-state index contributed by atoms with van der Waals surface area (Å²) in [5.74, 6) is 0.240. The average molecular weight is 618 g/mol. The Hall–Kier alpha value is -3.99. The molecule has 2 fully saturated rings. The molecule has 45 heavy (non-hydrogen) atoms. The topological polar surface area (TPSA) is 89.3 Å². The third kappa shape index (κ3) is 6.14. The largest absolute Gasteiger partial charge is 0.444 e. The third-order valence-electron chi connectivity index (χ3n) is 8.96. The highest BCUT2D eigenvalue weighted by Crippen LogP contribution is 2.44. The molecule has 4 aromatic rings. The molecule has 0 aliphatic carbocycles. The number of nitrogens with zero attached hydrogens (tertiary/aromatic N) is 7. The van der Waals surface area contributed by atoms with E-state index >= 15 is 8.78 Å². The lowest BCUT2D eigenvalue weighted by molar-refractivity contribution is -0.115. The SMILES string of the molecule is Cc1nc2c(F)cc(-c3cc(Cc4ncc(CN5C[C@@]6(C)CCN(C(=O)OC(C)(C)C)C[C@@H]56)cn4)ncc3F)cc2n1C(C)C. The number of rotatable bonds is 6. The lowest BCUT2D eigenvalue weighted by Crippen LogP contribution is -2.70. The van der Waals surface area contributed by atoms with E-state index in [9.17, 15) is 4.79 Å². The maximum atomic E-state index is 15.1. The van der Waals surface area contributed by atoms with Crippen molar-refractivity contribution in [2.45, 2.75) is 85.5 Å². The van der Waals surface area contributed by atoms with Crippen LogP contribution in [0.15, 0.2) is 36.8 Å². The second-order valence-corrected chi connectivity index (χ2v) is 14.0. The molecule has 238 valence electrons. The summed E-state index contributed by atoms with van der Waals surface area (Å²) in [6.07, 6.45) is 5.78. The van der Waals surface area contributed by atoms with Gasteiger partial charge in [0.25, 0.3) is 0 Å². The van der Waals surface area contributed by atoms with Gasteiger partial charge < -0.3 is 14.2 Å². The zero-order valence-electron chi connectivity index (χ0n) is 27.1. The molecule has 0 saturated carbocycles. The maximum absolute atomic E-state index is 15.1. The Labute approximate surface area is 262 Å². The van der Waals surface area contributed by atoms with Gasteiger partial charge in [-0.2, -0.15) is 0 Å². The number of benzene rings is 1. The molecule has 1 aromatic carbocycles. The van der Waals surface area contributed by atoms with E-state index < -0.39 is 17.2 Å². The molecule has 1 amide bonds. The standard InChI is InChI=1S/C34H41F2N7O2/c1-20(2)43-21(3)40-31-26(35)10-23(11-28(31)43)25-12-24(37-16-27(25)36)13-30-38-14-22(15-39-30)17-42-19-34(7)8-9-41(18-29(34)42)32(44)45-33(4,5)6/h10-12,14-16,20,29H,8-9,13,17-19H2,1-7H3/t29-,34-/m1/s1. The molecule has 0 unspecified atom stereocenters. The smallest absolute Gasteiger partial charge is 0.410 e. The van der Waals surface area contributed by atoms with Gasteiger partial charge in [0.15, 0.2) is 5.82 Å². The normalized spacial score (nSPS) is 20.4. The zero-order valence-corrected chi connectivity index (χ0v) is 27.1. The van der Waals surface area contributed by atoms with E-state index in [4.69, 9.17) is 4.74 Å². The lowest BCUT2D eigenvalue weighted by atomic mass is 9.68. The first-order chi connectivity index (χ1) is 21.2. The van der Waals surface area contributed by atoms with E-state index in [1.807, 2.05) is 63.4 Å². The molecule has 6 rings (SSSR count). The van der Waals surface area contributed by atoms with Crippen LogP contribution >= 0.6 is 0 Å². The number of hydrogen-bond donors (Lipinski definition) is 0. The van der Waals surface area contributed by atoms with Crippen molar-refractivity contribution in [2.24, 2.45) is 5.41 Å². The molecule has 2 saturated heterocycles. The van der Waals surface area contributed by atoms with Gasteiger partial charge in [-0.25, -0.2) is 28.5 Å². The van der Waals surface area contributed by atoms with E-state index in [0.717, 1.165) is 24.7 Å². The van der Waals surface area contributed by atoms with Crippen LogP contribution in [0.4, 0.5) is 13.6 Å². The predicted molar refractivity (Wildman–Crippen MR) is 168 cm³/mol. The molecule has 9 nitrogen and oxygen atoms in total. The number of likely N-dealkylation sites (tertiary alicyclic amines) is 2. The highest BCUT2D eigenvalue weighted by molar-refractivity contribution is 5.83. The van der Waals surface area contributed by atoms with Crippen molar-refractivity contribution in [3.05, 3.63) is 71.3 Å². The Bertz CT molecular complexity index is 1750. The molecule has 2 atom stereocenters. The third-order valence-corrected chi connectivity index (χ3v) is 8.96. The number of fused-ring (bicyclic) bond motifs is 2. The first-order valence-corrected chi connectivity index (χ1v) is 15.6. The Kier molecular flexibility index (Phi) is 7.87. The van der Waals surface area contributed by atoms with Crippen molar-refractivity contribution in [3.63, 3.8) is 0 Å². The van der Waals surface area contributed by atoms with Crippen LogP contribution in [-0.4, -0.2) is 71.7 Å². The van der Waals surface area contributed by atoms with Crippen molar-refractivity contribution in [2.75, 3.05) is 19.6 Å². The molecule has 2 aliphatic rings. The first-order valence-electron chi connectivity index (χ1n) is 15.6. The van der Waals surface area contributed by atoms with Gasteiger partial charge in [0.2, 0.25) is 0 Å². The Morgan fingerprint density at radius 3 is 2.51 bits per heavy atom. The van der Waals surface area contributed by atoms with Crippen molar-refractivity contribution >= 4 is 17.1 Å². The van der Waals surface area contributed by atoms with E-state index in [2.05, 4.69) is 31.8 Å². The number of aryl methyl sites for hydroxylation is 1. The number of halogens is 2. The summed E-state index contributed by atoms with van der Waals surface area (Å²) in [5.41, 5.74) is 2.80. The first kappa shape index (κ1) is 31.0. The second kappa shape index (κ2) is 11.4. The number of carbonyl (C=O) groups excluding carboxylic acids is 1. The van der Waals surface area contributed by atoms with Gasteiger partial charge in [-0.15, -0.1) is 0 Å². The number of carbonyl (C=O) groups is 1. The molecule has 0 bridgehead atoms. The van der Waals surface area contributed by atoms with Crippen molar-refractivity contribution < 1.29 is 18.3 Å². The zero-order chi connectivity index (χ0) is 32.3. The molecule has 0 N–H and O–H groups in total. The van der Waals surface area contributed by atoms with E-state index in [1.165, 1.54) is 6.07 Å². The van der Waals surface area contributed by atoms with Crippen LogP contribution in [-0.2, 0) is 17.7 Å². The highest BCUT2D eigenvalue weighted by atomic mass is 19.1. The van der Waals surface area contributed by atoms with E-state index in [1.54, 1.807) is 12.1 Å². The van der Waals surface area contributed by atoms with Gasteiger partial charge in [0.1, 0.15) is 28.6 Å². The van der Waals surface area contributed by atoms with Crippen LogP contribution in [0.25, 0.3) is 22.2 Å². The van der Waals surface area contributed by atoms with Gasteiger partial charge in [-0.05, 0) is 77.1 Å². The number of piperidine rings is 1. The molecule has 0 radical (unpaired) electrons. The van der Waals surface area contributed by atoms with Crippen molar-refractivity contribution in [3.8, 4) is 11.1 Å². The molecule has 2 aliphatic heterocycles. The monoisotopic (exact) mass is 617 g/mol. The van der Waals surface area contributed by atoms with Crippen LogP contribution < -0.4 is 0 Å². The van der Waals surface area contributed by atoms with Gasteiger partial charge in [0, 0.05) is 67.5 Å². The van der Waals surface area contributed by atoms with Crippen LogP contribution in [0.3, 0.4) is 0 Å². The summed E-state index contributed by atoms with van der Waals surface area (Å²) in [5, 5.41) is 0. The van der Waals surface area contributed by atoms with Crippen molar-refractivity contribution in [1.82, 2.24) is 34.3 Å². The van der Waals surface area contributed by atoms with E-state index in [-0.39, 0.29) is 34.7 Å². The Balaban J connectivity index is 1.14. The number of pyridine rings is 1. The maximum Gasteiger partial charge on any atom is 0.410 e. The summed E-state index contributed by atoms with van der Waals surface area (Å²) in [6, 6.07) is 5.06. The number of hydrogen-bond acceptors (Lipinski definition) is 7. The summed E-state index contributed by atoms with van der Waals surface area (Å²) in [6.45, 7) is 16.8. The Morgan fingerprint density at radius 1 is 1.09 bits per heavy atom. The Morgan fingerprint density at radius 2 is 1.82 bits per heavy atom. The van der Waals surface area contributed by atoms with E-state index in [0.29, 0.717) is 54.5 Å². The van der Waals surface area contributed by atoms with Crippen LogP contribution in [0.2, 0.25) is 0 Å². The fraction of sp³-hybridized carbons (Fsp3) is 0.500. The second-order valence-electron chi connectivity index (χ2n) is 14.0. The quantitative estimate of drug-likeness (QED) is 0.245. The lowest BCUT2D eigenvalue weighted by Gasteiger charge is -2.60.